The zero-order chi connectivity index (χ0) is 16.2. The largest absolute Gasteiger partial charge is 0.459 e. The van der Waals surface area contributed by atoms with Crippen molar-refractivity contribution in [2.75, 3.05) is 6.79 Å². The molecule has 0 saturated heterocycles. The van der Waals surface area contributed by atoms with Gasteiger partial charge in [0, 0.05) is 6.08 Å². The Kier molecular flexibility index (Phi) is 4.45. The van der Waals surface area contributed by atoms with Crippen LogP contribution in [-0.4, -0.2) is 23.8 Å². The molecule has 1 aliphatic heterocycles. The molecule has 0 aromatic heterocycles. The predicted octanol–water partition coefficient (Wildman–Crippen LogP) is 3.21. The lowest BCUT2D eigenvalue weighted by molar-refractivity contribution is -0.385. The van der Waals surface area contributed by atoms with Crippen LogP contribution in [0.1, 0.15) is 37.7 Å². The van der Waals surface area contributed by atoms with E-state index in [2.05, 4.69) is 0 Å². The highest BCUT2D eigenvalue weighted by Gasteiger charge is 2.22. The second kappa shape index (κ2) is 6.68. The van der Waals surface area contributed by atoms with Gasteiger partial charge in [0.05, 0.1) is 16.6 Å². The number of rotatable bonds is 4. The van der Waals surface area contributed by atoms with Gasteiger partial charge in [-0.25, -0.2) is 4.79 Å². The first-order valence-electron chi connectivity index (χ1n) is 7.60. The number of nitro benzene ring substituents is 1. The van der Waals surface area contributed by atoms with E-state index in [1.807, 2.05) is 0 Å². The molecular weight excluding hydrogens is 302 g/mol. The van der Waals surface area contributed by atoms with Crippen LogP contribution < -0.4 is 9.47 Å². The van der Waals surface area contributed by atoms with E-state index in [0.29, 0.717) is 11.5 Å². The van der Waals surface area contributed by atoms with Crippen molar-refractivity contribution >= 4 is 17.7 Å². The fraction of sp³-hybridized carbons (Fsp3) is 0.438. The molecule has 0 radical (unpaired) electrons. The molecule has 7 nitrogen and oxygen atoms in total. The number of nitro groups is 1. The predicted molar refractivity (Wildman–Crippen MR) is 81.2 cm³/mol. The Morgan fingerprint density at radius 1 is 1.22 bits per heavy atom. The molecule has 2 aliphatic rings. The lowest BCUT2D eigenvalue weighted by Crippen LogP contribution is -2.19. The molecule has 1 aliphatic carbocycles. The lowest BCUT2D eigenvalue weighted by Gasteiger charge is -2.20. The van der Waals surface area contributed by atoms with Crippen molar-refractivity contribution in [1.29, 1.82) is 0 Å². The molecular formula is C16H17NO6. The third-order valence-corrected chi connectivity index (χ3v) is 3.95. The first kappa shape index (κ1) is 15.3. The third kappa shape index (κ3) is 3.61. The Bertz CT molecular complexity index is 648. The van der Waals surface area contributed by atoms with E-state index in [-0.39, 0.29) is 24.1 Å². The highest BCUT2D eigenvalue weighted by molar-refractivity contribution is 5.88. The maximum absolute atomic E-state index is 11.9. The van der Waals surface area contributed by atoms with Crippen LogP contribution in [-0.2, 0) is 9.53 Å². The van der Waals surface area contributed by atoms with Gasteiger partial charge in [0.15, 0.2) is 11.5 Å². The molecule has 1 fully saturated rings. The van der Waals surface area contributed by atoms with Gasteiger partial charge in [-0.2, -0.15) is 0 Å². The molecule has 1 heterocycles. The summed E-state index contributed by atoms with van der Waals surface area (Å²) in [6, 6.07) is 2.79. The van der Waals surface area contributed by atoms with Gasteiger partial charge in [-0.05, 0) is 37.8 Å². The molecule has 7 heteroatoms. The van der Waals surface area contributed by atoms with Crippen LogP contribution >= 0.6 is 0 Å². The minimum Gasteiger partial charge on any atom is -0.459 e. The van der Waals surface area contributed by atoms with E-state index in [0.717, 1.165) is 25.7 Å². The SMILES string of the molecule is O=C(/C=C/c1cc2c(cc1[N+](=O)[O-])OCO2)OC1CCCCC1. The third-order valence-electron chi connectivity index (χ3n) is 3.95. The smallest absolute Gasteiger partial charge is 0.331 e. The normalized spacial score (nSPS) is 17.4. The van der Waals surface area contributed by atoms with E-state index >= 15 is 0 Å². The van der Waals surface area contributed by atoms with Crippen molar-refractivity contribution in [1.82, 2.24) is 0 Å². The molecule has 1 aromatic carbocycles. The average molecular weight is 319 g/mol. The summed E-state index contributed by atoms with van der Waals surface area (Å²) in [7, 11) is 0. The number of esters is 1. The fourth-order valence-electron chi connectivity index (χ4n) is 2.78. The number of ether oxygens (including phenoxy) is 3. The standard InChI is InChI=1S/C16H17NO6/c18-16(23-12-4-2-1-3-5-12)7-6-11-8-14-15(22-10-21-14)9-13(11)17(19)20/h6-9,12H,1-5,10H2/b7-6+. The summed E-state index contributed by atoms with van der Waals surface area (Å²) in [6.45, 7) is 0.0311. The van der Waals surface area contributed by atoms with Gasteiger partial charge in [-0.15, -0.1) is 0 Å². The zero-order valence-corrected chi connectivity index (χ0v) is 12.5. The number of carbonyl (C=O) groups excluding carboxylic acids is 1. The quantitative estimate of drug-likeness (QED) is 0.366. The second-order valence-corrected chi connectivity index (χ2v) is 5.55. The van der Waals surface area contributed by atoms with Gasteiger partial charge in [0.2, 0.25) is 6.79 Å². The monoisotopic (exact) mass is 319 g/mol. The van der Waals surface area contributed by atoms with Crippen molar-refractivity contribution < 1.29 is 23.9 Å². The van der Waals surface area contributed by atoms with Crippen LogP contribution in [0.25, 0.3) is 6.08 Å². The van der Waals surface area contributed by atoms with Gasteiger partial charge < -0.3 is 14.2 Å². The maximum atomic E-state index is 11.9. The van der Waals surface area contributed by atoms with Gasteiger partial charge in [-0.3, -0.25) is 10.1 Å². The molecule has 23 heavy (non-hydrogen) atoms. The molecule has 0 spiro atoms. The van der Waals surface area contributed by atoms with Crippen molar-refractivity contribution in [3.05, 3.63) is 33.9 Å². The van der Waals surface area contributed by atoms with Gasteiger partial charge in [0.1, 0.15) is 6.10 Å². The number of carbonyl (C=O) groups is 1. The van der Waals surface area contributed by atoms with Crippen LogP contribution in [0.3, 0.4) is 0 Å². The Morgan fingerprint density at radius 2 is 1.91 bits per heavy atom. The summed E-state index contributed by atoms with van der Waals surface area (Å²) in [5.74, 6) is 0.276. The van der Waals surface area contributed by atoms with Crippen molar-refractivity contribution in [3.8, 4) is 11.5 Å². The van der Waals surface area contributed by atoms with Gasteiger partial charge >= 0.3 is 5.97 Å². The van der Waals surface area contributed by atoms with Crippen molar-refractivity contribution in [3.63, 3.8) is 0 Å². The highest BCUT2D eigenvalue weighted by Crippen LogP contribution is 2.38. The van der Waals surface area contributed by atoms with Crippen LogP contribution in [0.4, 0.5) is 5.69 Å². The van der Waals surface area contributed by atoms with Gasteiger partial charge in [-0.1, -0.05) is 6.42 Å². The molecule has 3 rings (SSSR count). The molecule has 0 bridgehead atoms. The van der Waals surface area contributed by atoms with E-state index in [4.69, 9.17) is 14.2 Å². The highest BCUT2D eigenvalue weighted by atomic mass is 16.7. The van der Waals surface area contributed by atoms with Crippen LogP contribution in [0.2, 0.25) is 0 Å². The average Bonchev–Trinajstić information content (AvgIpc) is 3.00. The lowest BCUT2D eigenvalue weighted by atomic mass is 9.98. The summed E-state index contributed by atoms with van der Waals surface area (Å²) in [6.07, 6.45) is 7.61. The maximum Gasteiger partial charge on any atom is 0.331 e. The summed E-state index contributed by atoms with van der Waals surface area (Å²) < 4.78 is 15.7. The van der Waals surface area contributed by atoms with Gasteiger partial charge in [0.25, 0.3) is 5.69 Å². The van der Waals surface area contributed by atoms with E-state index in [9.17, 15) is 14.9 Å². The Morgan fingerprint density at radius 3 is 2.61 bits per heavy atom. The number of nitrogens with zero attached hydrogens (tertiary/aromatic N) is 1. The summed E-state index contributed by atoms with van der Waals surface area (Å²) in [5, 5.41) is 11.1. The summed E-state index contributed by atoms with van der Waals surface area (Å²) in [5.41, 5.74) is 0.135. The molecule has 0 amide bonds. The van der Waals surface area contributed by atoms with Crippen molar-refractivity contribution in [2.45, 2.75) is 38.2 Å². The second-order valence-electron chi connectivity index (χ2n) is 5.55. The van der Waals surface area contributed by atoms with Crippen LogP contribution in [0.5, 0.6) is 11.5 Å². The number of benzene rings is 1. The number of hydrogen-bond acceptors (Lipinski definition) is 6. The molecule has 0 N–H and O–H groups in total. The zero-order valence-electron chi connectivity index (χ0n) is 12.5. The van der Waals surface area contributed by atoms with E-state index < -0.39 is 10.9 Å². The Labute approximate surface area is 133 Å². The van der Waals surface area contributed by atoms with E-state index in [1.165, 1.54) is 30.7 Å². The first-order valence-corrected chi connectivity index (χ1v) is 7.60. The minimum absolute atomic E-state index is 0.0311. The molecule has 1 aromatic rings. The summed E-state index contributed by atoms with van der Waals surface area (Å²) in [4.78, 5) is 22.5. The number of fused-ring (bicyclic) bond motifs is 1. The minimum atomic E-state index is -0.520. The van der Waals surface area contributed by atoms with Crippen LogP contribution in [0, 0.1) is 10.1 Å². The fourth-order valence-corrected chi connectivity index (χ4v) is 2.78. The van der Waals surface area contributed by atoms with E-state index in [1.54, 1.807) is 0 Å². The Balaban J connectivity index is 1.73. The topological polar surface area (TPSA) is 87.9 Å². The number of hydrogen-bond donors (Lipinski definition) is 0. The molecule has 1 saturated carbocycles. The molecule has 0 atom stereocenters. The molecule has 0 unspecified atom stereocenters. The Hall–Kier alpha value is -2.57. The molecule has 122 valence electrons. The first-order chi connectivity index (χ1) is 11.1. The summed E-state index contributed by atoms with van der Waals surface area (Å²) >= 11 is 0. The van der Waals surface area contributed by atoms with Crippen LogP contribution in [0.15, 0.2) is 18.2 Å². The van der Waals surface area contributed by atoms with Crippen molar-refractivity contribution in [2.24, 2.45) is 0 Å².